The first-order chi connectivity index (χ1) is 17.9. The highest BCUT2D eigenvalue weighted by Crippen LogP contribution is 2.61. The van der Waals surface area contributed by atoms with Crippen LogP contribution in [0.3, 0.4) is 0 Å². The molecule has 4 N–H and O–H groups in total. The summed E-state index contributed by atoms with van der Waals surface area (Å²) in [6.07, 6.45) is -1.42. The largest absolute Gasteiger partial charge is 0.394 e. The van der Waals surface area contributed by atoms with E-state index in [1.165, 1.54) is 32.5 Å². The Morgan fingerprint density at radius 1 is 1.00 bits per heavy atom. The Hall–Kier alpha value is -2.30. The first kappa shape index (κ1) is 28.7. The summed E-state index contributed by atoms with van der Waals surface area (Å²) in [5, 5.41) is 20.2. The van der Waals surface area contributed by atoms with Crippen LogP contribution in [0.15, 0.2) is 31.6 Å². The summed E-state index contributed by atoms with van der Waals surface area (Å²) >= 11 is 0.790. The van der Waals surface area contributed by atoms with Crippen LogP contribution in [0.5, 0.6) is 0 Å². The lowest BCUT2D eigenvalue weighted by molar-refractivity contribution is -0.0510. The molecular formula is C21H29N4O11PS. The number of rotatable bonds is 9. The second-order valence-corrected chi connectivity index (χ2v) is 13.2. The second kappa shape index (κ2) is 11.4. The van der Waals surface area contributed by atoms with E-state index in [4.69, 9.17) is 18.5 Å². The zero-order valence-electron chi connectivity index (χ0n) is 20.8. The monoisotopic (exact) mass is 576 g/mol. The zero-order chi connectivity index (χ0) is 27.8. The van der Waals surface area contributed by atoms with Crippen molar-refractivity contribution in [3.8, 4) is 0 Å². The molecule has 4 heterocycles. The highest BCUT2D eigenvalue weighted by molar-refractivity contribution is 8.54. The van der Waals surface area contributed by atoms with Gasteiger partial charge in [-0.15, -0.1) is 0 Å². The van der Waals surface area contributed by atoms with Crippen LogP contribution in [0.1, 0.15) is 36.4 Å². The molecule has 2 aliphatic rings. The van der Waals surface area contributed by atoms with Crippen molar-refractivity contribution in [3.05, 3.63) is 65.2 Å². The molecule has 1 unspecified atom stereocenters. The van der Waals surface area contributed by atoms with Gasteiger partial charge in [-0.3, -0.25) is 37.7 Å². The highest BCUT2D eigenvalue weighted by atomic mass is 32.7. The van der Waals surface area contributed by atoms with E-state index in [0.29, 0.717) is 0 Å². The maximum atomic E-state index is 13.4. The molecule has 0 spiro atoms. The number of ether oxygens (including phenoxy) is 2. The number of nitrogens with one attached hydrogen (secondary N) is 2. The molecule has 2 aromatic heterocycles. The van der Waals surface area contributed by atoms with Crippen LogP contribution in [-0.4, -0.2) is 73.2 Å². The minimum Gasteiger partial charge on any atom is -0.394 e. The van der Waals surface area contributed by atoms with Crippen molar-refractivity contribution in [3.63, 3.8) is 0 Å². The molecule has 2 fully saturated rings. The van der Waals surface area contributed by atoms with Crippen molar-refractivity contribution in [1.29, 1.82) is 0 Å². The third kappa shape index (κ3) is 5.97. The Bertz CT molecular complexity index is 1450. The van der Waals surface area contributed by atoms with Crippen molar-refractivity contribution >= 4 is 18.2 Å². The molecule has 2 saturated heterocycles. The Morgan fingerprint density at radius 2 is 1.53 bits per heavy atom. The van der Waals surface area contributed by atoms with Crippen molar-refractivity contribution in [1.82, 2.24) is 19.1 Å². The van der Waals surface area contributed by atoms with Crippen LogP contribution in [-0.2, 0) is 23.1 Å². The number of hydrogen-bond donors (Lipinski definition) is 4. The van der Waals surface area contributed by atoms with Crippen molar-refractivity contribution in [2.45, 2.75) is 63.6 Å². The zero-order valence-corrected chi connectivity index (χ0v) is 22.5. The fourth-order valence-corrected chi connectivity index (χ4v) is 6.46. The Morgan fingerprint density at radius 3 is 2.05 bits per heavy atom. The number of H-pyrrole nitrogens is 2. The van der Waals surface area contributed by atoms with Gasteiger partial charge in [-0.1, -0.05) is 0 Å². The second-order valence-electron chi connectivity index (χ2n) is 9.01. The molecular weight excluding hydrogens is 547 g/mol. The molecule has 17 heteroatoms. The lowest BCUT2D eigenvalue weighted by Crippen LogP contribution is -2.33. The van der Waals surface area contributed by atoms with E-state index in [9.17, 15) is 34.0 Å². The van der Waals surface area contributed by atoms with E-state index < -0.39 is 72.8 Å². The molecule has 210 valence electrons. The van der Waals surface area contributed by atoms with Crippen LogP contribution in [0.4, 0.5) is 0 Å². The fraction of sp³-hybridized carbons (Fsp3) is 0.619. The summed E-state index contributed by atoms with van der Waals surface area (Å²) in [7, 11) is 0. The Labute approximate surface area is 219 Å². The molecule has 0 saturated carbocycles. The first-order valence-electron chi connectivity index (χ1n) is 11.7. The van der Waals surface area contributed by atoms with Gasteiger partial charge >= 0.3 is 18.2 Å². The SMILES string of the molecule is CSP(=O)(OC[C@H]1O[C@@H](n2cc(C)c(=O)[nH]c2=O)C[C@H]1O)O[C@@H]1C[C@H](n2cc(C)c(=O)[nH]c2=O)O[C@@H]1CO. The van der Waals surface area contributed by atoms with Gasteiger partial charge in [0.1, 0.15) is 30.8 Å². The molecule has 2 aromatic rings. The predicted molar refractivity (Wildman–Crippen MR) is 134 cm³/mol. The number of aryl methyl sites for hydroxylation is 2. The van der Waals surface area contributed by atoms with E-state index in [0.717, 1.165) is 20.5 Å². The lowest BCUT2D eigenvalue weighted by atomic mass is 10.2. The summed E-state index contributed by atoms with van der Waals surface area (Å²) < 4.78 is 38.5. The van der Waals surface area contributed by atoms with Crippen molar-refractivity contribution in [2.24, 2.45) is 0 Å². The number of aromatic nitrogens is 4. The number of aliphatic hydroxyl groups excluding tert-OH is 2. The quantitative estimate of drug-likeness (QED) is 0.279. The average Bonchev–Trinajstić information content (AvgIpc) is 3.44. The van der Waals surface area contributed by atoms with Gasteiger partial charge in [0.2, 0.25) is 0 Å². The normalized spacial score (nSPS) is 29.0. The maximum absolute atomic E-state index is 13.4. The number of hydrogen-bond acceptors (Lipinski definition) is 12. The maximum Gasteiger partial charge on any atom is 0.389 e. The van der Waals surface area contributed by atoms with E-state index in [1.807, 2.05) is 0 Å². The summed E-state index contributed by atoms with van der Waals surface area (Å²) in [5.74, 6) is 0. The van der Waals surface area contributed by atoms with E-state index in [-0.39, 0.29) is 30.6 Å². The van der Waals surface area contributed by atoms with Gasteiger partial charge in [0.15, 0.2) is 0 Å². The van der Waals surface area contributed by atoms with Crippen LogP contribution in [0, 0.1) is 13.8 Å². The van der Waals surface area contributed by atoms with E-state index in [2.05, 4.69) is 9.97 Å². The van der Waals surface area contributed by atoms with Gasteiger partial charge in [0.05, 0.1) is 19.3 Å². The molecule has 15 nitrogen and oxygen atoms in total. The number of nitrogens with zero attached hydrogens (tertiary/aromatic N) is 2. The molecule has 0 amide bonds. The fourth-order valence-electron chi connectivity index (χ4n) is 4.24. The van der Waals surface area contributed by atoms with Crippen LogP contribution >= 0.6 is 18.2 Å². The Balaban J connectivity index is 1.42. The first-order valence-corrected chi connectivity index (χ1v) is 15.0. The summed E-state index contributed by atoms with van der Waals surface area (Å²) in [4.78, 5) is 52.1. The van der Waals surface area contributed by atoms with Crippen LogP contribution < -0.4 is 22.5 Å². The highest BCUT2D eigenvalue weighted by Gasteiger charge is 2.43. The van der Waals surface area contributed by atoms with Crippen molar-refractivity contribution < 1.29 is 33.3 Å². The van der Waals surface area contributed by atoms with Gasteiger partial charge in [-0.25, -0.2) is 14.2 Å². The van der Waals surface area contributed by atoms with Gasteiger partial charge in [0, 0.05) is 36.4 Å². The van der Waals surface area contributed by atoms with Crippen LogP contribution in [0.2, 0.25) is 0 Å². The molecule has 0 radical (unpaired) electrons. The van der Waals surface area contributed by atoms with Gasteiger partial charge in [-0.05, 0) is 31.5 Å². The molecule has 38 heavy (non-hydrogen) atoms. The minimum absolute atomic E-state index is 0.0297. The predicted octanol–water partition coefficient (Wildman–Crippen LogP) is -0.495. The van der Waals surface area contributed by atoms with Gasteiger partial charge in [-0.2, -0.15) is 0 Å². The van der Waals surface area contributed by atoms with E-state index in [1.54, 1.807) is 0 Å². The third-order valence-corrected chi connectivity index (χ3v) is 9.72. The summed E-state index contributed by atoms with van der Waals surface area (Å²) in [6.45, 7) is -1.65. The van der Waals surface area contributed by atoms with Gasteiger partial charge in [0.25, 0.3) is 11.1 Å². The van der Waals surface area contributed by atoms with E-state index >= 15 is 0 Å². The molecule has 0 bridgehead atoms. The lowest BCUT2D eigenvalue weighted by Gasteiger charge is -2.24. The molecule has 0 aromatic carbocycles. The summed E-state index contributed by atoms with van der Waals surface area (Å²) in [6, 6.07) is 0. The topological polar surface area (TPSA) is 204 Å². The average molecular weight is 577 g/mol. The van der Waals surface area contributed by atoms with Crippen LogP contribution in [0.25, 0.3) is 0 Å². The molecule has 7 atom stereocenters. The molecule has 0 aliphatic carbocycles. The standard InChI is InChI=1S/C21H29N4O11PS/c1-10-6-24(20(30)22-18(10)28)16-4-12(27)15(35-16)9-33-37(32,38-3)36-13-5-17(34-14(13)8-26)25-7-11(2)19(29)23-21(25)31/h6-7,12-17,26-27H,4-5,8-9H2,1-3H3,(H,22,28,30)(H,23,29,31)/t12-,13-,14-,15-,16-,17-,37?/m1/s1. The smallest absolute Gasteiger partial charge is 0.389 e. The molecule has 2 aliphatic heterocycles. The van der Waals surface area contributed by atoms with Crippen molar-refractivity contribution in [2.75, 3.05) is 19.5 Å². The Kier molecular flexibility index (Phi) is 8.64. The minimum atomic E-state index is -3.87. The number of aliphatic hydroxyl groups is 2. The molecule has 4 rings (SSSR count). The third-order valence-electron chi connectivity index (χ3n) is 6.36. The number of aromatic amines is 2. The summed E-state index contributed by atoms with van der Waals surface area (Å²) in [5.41, 5.74) is -1.88. The van der Waals surface area contributed by atoms with Gasteiger partial charge < -0.3 is 19.7 Å².